The Morgan fingerprint density at radius 1 is 0.458 bits per heavy atom. The first-order chi connectivity index (χ1) is 28.0. The SMILES string of the molecule is [C-]#[N+]c1ccc(-n2c3ccccc3c3cc(C(C)(C)C)ccc32)c(-c2ccc(-c3cc(C)cc(C(F)(F)F)c3)cc2-n2c3ccccc3c3cc(C(C)(C)C)ccc32)c1. The van der Waals surface area contributed by atoms with E-state index in [1.807, 2.05) is 54.6 Å². The van der Waals surface area contributed by atoms with Crippen LogP contribution in [-0.4, -0.2) is 9.13 Å². The first-order valence-electron chi connectivity index (χ1n) is 19.9. The van der Waals surface area contributed by atoms with Gasteiger partial charge in [-0.25, -0.2) is 4.85 Å². The minimum atomic E-state index is -4.49. The van der Waals surface area contributed by atoms with Crippen LogP contribution >= 0.6 is 0 Å². The Hall–Kier alpha value is -6.58. The summed E-state index contributed by atoms with van der Waals surface area (Å²) >= 11 is 0. The van der Waals surface area contributed by atoms with E-state index in [0.29, 0.717) is 22.4 Å². The van der Waals surface area contributed by atoms with Gasteiger partial charge in [0.2, 0.25) is 0 Å². The van der Waals surface area contributed by atoms with Gasteiger partial charge in [0.1, 0.15) is 0 Å². The zero-order valence-electron chi connectivity index (χ0n) is 34.3. The Labute approximate surface area is 342 Å². The van der Waals surface area contributed by atoms with Crippen molar-refractivity contribution in [2.24, 2.45) is 0 Å². The smallest absolute Gasteiger partial charge is 0.309 e. The number of para-hydroxylation sites is 2. The maximum Gasteiger partial charge on any atom is 0.416 e. The standard InChI is InChI=1S/C53H44F3N3/c1-32-25-34(27-37(26-32)53(54,55)56)33-17-21-41(50(28-33)59-46-16-12-10-14-40(46)43-30-36(52(5,6)7)19-23-48(43)59)44-31-38(57-8)20-24-49(44)58-45-15-11-9-13-39(45)42-29-35(51(2,3)4)18-22-47(42)58/h9-31H,1-7H3. The van der Waals surface area contributed by atoms with Crippen LogP contribution in [0.4, 0.5) is 18.9 Å². The second-order valence-corrected chi connectivity index (χ2v) is 17.8. The molecule has 0 saturated carbocycles. The van der Waals surface area contributed by atoms with Crippen LogP contribution in [0.15, 0.2) is 140 Å². The summed E-state index contributed by atoms with van der Waals surface area (Å²) in [5.41, 5.74) is 11.2. The van der Waals surface area contributed by atoms with Gasteiger partial charge < -0.3 is 9.13 Å². The van der Waals surface area contributed by atoms with E-state index in [9.17, 15) is 13.2 Å². The van der Waals surface area contributed by atoms with Crippen molar-refractivity contribution in [1.82, 2.24) is 9.13 Å². The molecule has 9 rings (SSSR count). The molecule has 0 saturated heterocycles. The minimum absolute atomic E-state index is 0.0510. The third kappa shape index (κ3) is 6.46. The van der Waals surface area contributed by atoms with Gasteiger partial charge in [0.25, 0.3) is 0 Å². The molecule has 3 nitrogen and oxygen atoms in total. The van der Waals surface area contributed by atoms with Crippen molar-refractivity contribution in [3.05, 3.63) is 173 Å². The van der Waals surface area contributed by atoms with Gasteiger partial charge in [0.05, 0.1) is 45.6 Å². The maximum absolute atomic E-state index is 14.2. The van der Waals surface area contributed by atoms with Crippen molar-refractivity contribution in [3.63, 3.8) is 0 Å². The van der Waals surface area contributed by atoms with Crippen LogP contribution in [0.25, 0.3) is 82.1 Å². The predicted molar refractivity (Wildman–Crippen MR) is 239 cm³/mol. The average Bonchev–Trinajstić information content (AvgIpc) is 3.71. The van der Waals surface area contributed by atoms with Crippen LogP contribution in [0.2, 0.25) is 0 Å². The molecule has 0 atom stereocenters. The lowest BCUT2D eigenvalue weighted by atomic mass is 9.86. The van der Waals surface area contributed by atoms with Gasteiger partial charge in [-0.05, 0) is 118 Å². The average molecular weight is 780 g/mol. The van der Waals surface area contributed by atoms with Gasteiger partial charge in [0, 0.05) is 27.1 Å². The van der Waals surface area contributed by atoms with Crippen LogP contribution in [0.5, 0.6) is 0 Å². The van der Waals surface area contributed by atoms with Gasteiger partial charge in [-0.1, -0.05) is 114 Å². The largest absolute Gasteiger partial charge is 0.416 e. The van der Waals surface area contributed by atoms with Gasteiger partial charge in [-0.3, -0.25) is 0 Å². The number of aryl methyl sites for hydroxylation is 1. The molecule has 0 aliphatic rings. The van der Waals surface area contributed by atoms with E-state index in [1.54, 1.807) is 6.92 Å². The molecule has 0 fully saturated rings. The number of halogens is 3. The Kier molecular flexibility index (Phi) is 8.68. The molecule has 6 heteroatoms. The molecule has 0 aliphatic heterocycles. The zero-order valence-corrected chi connectivity index (χ0v) is 34.3. The molecule has 0 amide bonds. The van der Waals surface area contributed by atoms with E-state index >= 15 is 0 Å². The Morgan fingerprint density at radius 2 is 1.00 bits per heavy atom. The first kappa shape index (κ1) is 38.0. The number of hydrogen-bond acceptors (Lipinski definition) is 0. The first-order valence-corrected chi connectivity index (χ1v) is 19.9. The summed E-state index contributed by atoms with van der Waals surface area (Å²) in [6.45, 7) is 23.1. The normalized spacial score (nSPS) is 12.6. The molecular formula is C53H44F3N3. The lowest BCUT2D eigenvalue weighted by molar-refractivity contribution is -0.137. The molecule has 7 aromatic carbocycles. The molecular weight excluding hydrogens is 736 g/mol. The highest BCUT2D eigenvalue weighted by molar-refractivity contribution is 6.12. The van der Waals surface area contributed by atoms with Gasteiger partial charge in [-0.15, -0.1) is 0 Å². The van der Waals surface area contributed by atoms with Crippen molar-refractivity contribution < 1.29 is 13.2 Å². The molecule has 0 spiro atoms. The van der Waals surface area contributed by atoms with Crippen molar-refractivity contribution in [1.29, 1.82) is 0 Å². The fourth-order valence-electron chi connectivity index (χ4n) is 8.64. The monoisotopic (exact) mass is 779 g/mol. The number of alkyl halides is 3. The van der Waals surface area contributed by atoms with E-state index in [1.165, 1.54) is 23.3 Å². The summed E-state index contributed by atoms with van der Waals surface area (Å²) in [5, 5.41) is 4.43. The fraction of sp³-hybridized carbons (Fsp3) is 0.189. The van der Waals surface area contributed by atoms with Crippen molar-refractivity contribution in [2.75, 3.05) is 0 Å². The lowest BCUT2D eigenvalue weighted by Crippen LogP contribution is -2.10. The highest BCUT2D eigenvalue weighted by Gasteiger charge is 2.31. The Balaban J connectivity index is 1.40. The highest BCUT2D eigenvalue weighted by Crippen LogP contribution is 2.45. The van der Waals surface area contributed by atoms with Crippen molar-refractivity contribution in [2.45, 2.75) is 65.5 Å². The molecule has 9 aromatic rings. The maximum atomic E-state index is 14.2. The predicted octanol–water partition coefficient (Wildman–Crippen LogP) is 15.7. The summed E-state index contributed by atoms with van der Waals surface area (Å²) in [5.74, 6) is 0. The highest BCUT2D eigenvalue weighted by atomic mass is 19.4. The summed E-state index contributed by atoms with van der Waals surface area (Å²) in [6, 6.07) is 46.1. The van der Waals surface area contributed by atoms with Gasteiger partial charge >= 0.3 is 6.18 Å². The summed E-state index contributed by atoms with van der Waals surface area (Å²) < 4.78 is 47.2. The molecule has 0 N–H and O–H groups in total. The van der Waals surface area contributed by atoms with Crippen molar-refractivity contribution in [3.8, 4) is 33.6 Å². The van der Waals surface area contributed by atoms with Crippen LogP contribution in [0.1, 0.15) is 63.8 Å². The van der Waals surface area contributed by atoms with E-state index in [4.69, 9.17) is 6.57 Å². The van der Waals surface area contributed by atoms with E-state index in [2.05, 4.69) is 128 Å². The van der Waals surface area contributed by atoms with Crippen LogP contribution < -0.4 is 0 Å². The molecule has 292 valence electrons. The molecule has 0 unspecified atom stereocenters. The number of rotatable bonds is 4. The fourth-order valence-corrected chi connectivity index (χ4v) is 8.64. The van der Waals surface area contributed by atoms with E-state index in [0.717, 1.165) is 66.1 Å². The Bertz CT molecular complexity index is 3190. The van der Waals surface area contributed by atoms with Gasteiger partial charge in [0.15, 0.2) is 5.69 Å². The molecule has 2 aromatic heterocycles. The molecule has 0 aliphatic carbocycles. The minimum Gasteiger partial charge on any atom is -0.309 e. The van der Waals surface area contributed by atoms with Crippen molar-refractivity contribution >= 4 is 49.3 Å². The number of benzene rings is 7. The van der Waals surface area contributed by atoms with Crippen LogP contribution in [-0.2, 0) is 17.0 Å². The number of nitrogens with zero attached hydrogens (tertiary/aromatic N) is 3. The third-order valence-corrected chi connectivity index (χ3v) is 11.7. The zero-order chi connectivity index (χ0) is 41.6. The topological polar surface area (TPSA) is 14.2 Å². The third-order valence-electron chi connectivity index (χ3n) is 11.7. The molecule has 0 radical (unpaired) electrons. The molecule has 2 heterocycles. The lowest BCUT2D eigenvalue weighted by Gasteiger charge is -2.21. The van der Waals surface area contributed by atoms with Gasteiger partial charge in [-0.2, -0.15) is 13.2 Å². The van der Waals surface area contributed by atoms with E-state index in [-0.39, 0.29) is 10.8 Å². The second-order valence-electron chi connectivity index (χ2n) is 17.8. The van der Waals surface area contributed by atoms with Crippen LogP contribution in [0, 0.1) is 13.5 Å². The summed E-state index contributed by atoms with van der Waals surface area (Å²) in [4.78, 5) is 3.90. The molecule has 59 heavy (non-hydrogen) atoms. The second kappa shape index (κ2) is 13.5. The summed E-state index contributed by atoms with van der Waals surface area (Å²) in [6.07, 6.45) is -4.49. The summed E-state index contributed by atoms with van der Waals surface area (Å²) in [7, 11) is 0. The number of aromatic nitrogens is 2. The Morgan fingerprint density at radius 3 is 1.54 bits per heavy atom. The van der Waals surface area contributed by atoms with E-state index < -0.39 is 11.7 Å². The number of fused-ring (bicyclic) bond motifs is 6. The molecule has 0 bridgehead atoms. The number of hydrogen-bond donors (Lipinski definition) is 0. The quantitative estimate of drug-likeness (QED) is 0.158. The van der Waals surface area contributed by atoms with Crippen LogP contribution in [0.3, 0.4) is 0 Å².